The molecule has 0 radical (unpaired) electrons. The zero-order valence-corrected chi connectivity index (χ0v) is 8.59. The van der Waals surface area contributed by atoms with Crippen molar-refractivity contribution >= 4 is 11.9 Å². The minimum Gasteiger partial charge on any atom is -0.465 e. The summed E-state index contributed by atoms with van der Waals surface area (Å²) in [4.78, 5) is 22.1. The van der Waals surface area contributed by atoms with Crippen LogP contribution >= 0.6 is 0 Å². The summed E-state index contributed by atoms with van der Waals surface area (Å²) in [6, 6.07) is 1.83. The van der Waals surface area contributed by atoms with Gasteiger partial charge in [0.15, 0.2) is 0 Å². The minimum atomic E-state index is -1.12. The van der Waals surface area contributed by atoms with Crippen molar-refractivity contribution < 1.29 is 14.3 Å². The lowest BCUT2D eigenvalue weighted by Crippen LogP contribution is -2.39. The van der Waals surface area contributed by atoms with E-state index >= 15 is 0 Å². The van der Waals surface area contributed by atoms with Gasteiger partial charge in [-0.2, -0.15) is 5.26 Å². The first-order valence-corrected chi connectivity index (χ1v) is 4.29. The molecule has 1 amide bonds. The molecule has 0 bridgehead atoms. The smallest absolute Gasteiger partial charge is 0.325 e. The van der Waals surface area contributed by atoms with Crippen LogP contribution in [0.5, 0.6) is 0 Å². The van der Waals surface area contributed by atoms with Crippen LogP contribution in [0.4, 0.5) is 0 Å². The van der Waals surface area contributed by atoms with E-state index in [0.717, 1.165) is 0 Å². The first-order chi connectivity index (χ1) is 6.44. The predicted molar refractivity (Wildman–Crippen MR) is 49.0 cm³/mol. The van der Waals surface area contributed by atoms with Crippen LogP contribution in [0.3, 0.4) is 0 Å². The lowest BCUT2D eigenvalue weighted by molar-refractivity contribution is -0.144. The summed E-state index contributed by atoms with van der Waals surface area (Å²) in [6.07, 6.45) is 0. The van der Waals surface area contributed by atoms with Crippen LogP contribution in [0.1, 0.15) is 20.8 Å². The van der Waals surface area contributed by atoms with Gasteiger partial charge < -0.3 is 10.1 Å². The van der Waals surface area contributed by atoms with E-state index in [9.17, 15) is 9.59 Å². The minimum absolute atomic E-state index is 0.197. The molecule has 0 heterocycles. The molecule has 0 spiro atoms. The van der Waals surface area contributed by atoms with Crippen LogP contribution in [-0.2, 0) is 14.3 Å². The van der Waals surface area contributed by atoms with E-state index in [2.05, 4.69) is 10.1 Å². The fourth-order valence-corrected chi connectivity index (χ4v) is 0.636. The molecule has 5 heteroatoms. The van der Waals surface area contributed by atoms with Crippen LogP contribution in [-0.4, -0.2) is 25.0 Å². The summed E-state index contributed by atoms with van der Waals surface area (Å²) < 4.78 is 4.60. The largest absolute Gasteiger partial charge is 0.465 e. The molecule has 0 rings (SSSR count). The SMILES string of the molecule is CCOC(=O)CNC(=O)C(C)(C)C#N. The fourth-order valence-electron chi connectivity index (χ4n) is 0.636. The molecular formula is C9H14N2O3. The van der Waals surface area contributed by atoms with E-state index < -0.39 is 17.3 Å². The van der Waals surface area contributed by atoms with Gasteiger partial charge in [0, 0.05) is 0 Å². The zero-order valence-electron chi connectivity index (χ0n) is 8.59. The molecule has 0 aliphatic heterocycles. The predicted octanol–water partition coefficient (Wildman–Crippen LogP) is 0.215. The molecule has 14 heavy (non-hydrogen) atoms. The Bertz CT molecular complexity index is 266. The number of nitriles is 1. The second kappa shape index (κ2) is 5.22. The van der Waals surface area contributed by atoms with Gasteiger partial charge >= 0.3 is 5.97 Å². The van der Waals surface area contributed by atoms with Crippen molar-refractivity contribution in [2.45, 2.75) is 20.8 Å². The second-order valence-corrected chi connectivity index (χ2v) is 3.22. The Kier molecular flexibility index (Phi) is 4.64. The van der Waals surface area contributed by atoms with Gasteiger partial charge in [-0.3, -0.25) is 9.59 Å². The maximum atomic E-state index is 11.3. The Hall–Kier alpha value is -1.57. The van der Waals surface area contributed by atoms with Crippen molar-refractivity contribution in [3.05, 3.63) is 0 Å². The highest BCUT2D eigenvalue weighted by molar-refractivity contribution is 5.87. The molecule has 0 aromatic carbocycles. The van der Waals surface area contributed by atoms with Gasteiger partial charge in [0.2, 0.25) is 5.91 Å². The van der Waals surface area contributed by atoms with E-state index in [1.54, 1.807) is 6.92 Å². The first kappa shape index (κ1) is 12.4. The number of hydrogen-bond donors (Lipinski definition) is 1. The summed E-state index contributed by atoms with van der Waals surface area (Å²) >= 11 is 0. The quantitative estimate of drug-likeness (QED) is 0.655. The number of nitrogens with zero attached hydrogens (tertiary/aromatic N) is 1. The summed E-state index contributed by atoms with van der Waals surface area (Å²) in [6.45, 7) is 4.72. The average molecular weight is 198 g/mol. The Morgan fingerprint density at radius 1 is 1.50 bits per heavy atom. The van der Waals surface area contributed by atoms with Crippen LogP contribution in [0.2, 0.25) is 0 Å². The topological polar surface area (TPSA) is 79.2 Å². The van der Waals surface area contributed by atoms with Gasteiger partial charge in [-0.1, -0.05) is 0 Å². The standard InChI is InChI=1S/C9H14N2O3/c1-4-14-7(12)5-11-8(13)9(2,3)6-10/h4-5H2,1-3H3,(H,11,13). The molecule has 0 aromatic rings. The van der Waals surface area contributed by atoms with E-state index in [4.69, 9.17) is 5.26 Å². The Balaban J connectivity index is 3.99. The number of ether oxygens (including phenoxy) is 1. The zero-order chi connectivity index (χ0) is 11.2. The van der Waals surface area contributed by atoms with E-state index in [1.807, 2.05) is 6.07 Å². The average Bonchev–Trinajstić information content (AvgIpc) is 2.14. The summed E-state index contributed by atoms with van der Waals surface area (Å²) in [5.74, 6) is -0.984. The van der Waals surface area contributed by atoms with Crippen molar-refractivity contribution in [2.75, 3.05) is 13.2 Å². The van der Waals surface area contributed by atoms with Crippen molar-refractivity contribution in [3.8, 4) is 6.07 Å². The lowest BCUT2D eigenvalue weighted by Gasteiger charge is -2.14. The van der Waals surface area contributed by atoms with Gasteiger partial charge in [0.1, 0.15) is 12.0 Å². The third-order valence-corrected chi connectivity index (χ3v) is 1.55. The third-order valence-electron chi connectivity index (χ3n) is 1.55. The third kappa shape index (κ3) is 3.90. The molecule has 1 N–H and O–H groups in total. The molecule has 78 valence electrons. The Morgan fingerprint density at radius 3 is 2.50 bits per heavy atom. The van der Waals surface area contributed by atoms with Crippen LogP contribution in [0, 0.1) is 16.7 Å². The maximum absolute atomic E-state index is 11.3. The van der Waals surface area contributed by atoms with E-state index in [0.29, 0.717) is 0 Å². The Labute approximate surface area is 83.0 Å². The van der Waals surface area contributed by atoms with E-state index in [-0.39, 0.29) is 13.2 Å². The van der Waals surface area contributed by atoms with Crippen molar-refractivity contribution in [1.29, 1.82) is 5.26 Å². The van der Waals surface area contributed by atoms with Gasteiger partial charge in [-0.15, -0.1) is 0 Å². The summed E-state index contributed by atoms with van der Waals surface area (Å²) in [7, 11) is 0. The van der Waals surface area contributed by atoms with Crippen LogP contribution in [0.25, 0.3) is 0 Å². The summed E-state index contributed by atoms with van der Waals surface area (Å²) in [5, 5.41) is 10.9. The fraction of sp³-hybridized carbons (Fsp3) is 0.667. The van der Waals surface area contributed by atoms with Gasteiger partial charge in [0.25, 0.3) is 0 Å². The number of carbonyl (C=O) groups excluding carboxylic acids is 2. The van der Waals surface area contributed by atoms with Crippen molar-refractivity contribution in [1.82, 2.24) is 5.32 Å². The highest BCUT2D eigenvalue weighted by atomic mass is 16.5. The van der Waals surface area contributed by atoms with Gasteiger partial charge in [0.05, 0.1) is 12.7 Å². The van der Waals surface area contributed by atoms with E-state index in [1.165, 1.54) is 13.8 Å². The molecule has 0 aliphatic carbocycles. The summed E-state index contributed by atoms with van der Waals surface area (Å²) in [5.41, 5.74) is -1.12. The number of nitrogens with one attached hydrogen (secondary N) is 1. The highest BCUT2D eigenvalue weighted by Crippen LogP contribution is 2.12. The number of hydrogen-bond acceptors (Lipinski definition) is 4. The monoisotopic (exact) mass is 198 g/mol. The second-order valence-electron chi connectivity index (χ2n) is 3.22. The lowest BCUT2D eigenvalue weighted by atomic mass is 9.95. The molecular weight excluding hydrogens is 184 g/mol. The first-order valence-electron chi connectivity index (χ1n) is 4.29. The van der Waals surface area contributed by atoms with Crippen molar-refractivity contribution in [2.24, 2.45) is 5.41 Å². The maximum Gasteiger partial charge on any atom is 0.325 e. The number of carbonyl (C=O) groups is 2. The molecule has 0 saturated carbocycles. The number of amides is 1. The molecule has 0 atom stereocenters. The number of rotatable bonds is 4. The highest BCUT2D eigenvalue weighted by Gasteiger charge is 2.27. The van der Waals surface area contributed by atoms with Gasteiger partial charge in [-0.25, -0.2) is 0 Å². The molecule has 0 saturated heterocycles. The molecule has 0 unspecified atom stereocenters. The molecule has 0 aromatic heterocycles. The van der Waals surface area contributed by atoms with Crippen molar-refractivity contribution in [3.63, 3.8) is 0 Å². The van der Waals surface area contributed by atoms with Crippen LogP contribution < -0.4 is 5.32 Å². The molecule has 5 nitrogen and oxygen atoms in total. The van der Waals surface area contributed by atoms with Gasteiger partial charge in [-0.05, 0) is 20.8 Å². The van der Waals surface area contributed by atoms with Crippen LogP contribution in [0.15, 0.2) is 0 Å². The molecule has 0 aliphatic rings. The number of esters is 1. The molecule has 0 fully saturated rings. The Morgan fingerprint density at radius 2 is 2.07 bits per heavy atom. The normalized spacial score (nSPS) is 10.1.